The summed E-state index contributed by atoms with van der Waals surface area (Å²) in [5, 5.41) is 18.6. The van der Waals surface area contributed by atoms with Crippen LogP contribution in [0.1, 0.15) is 5.56 Å². The minimum Gasteiger partial charge on any atom is -0.493 e. The van der Waals surface area contributed by atoms with Crippen molar-refractivity contribution in [1.82, 2.24) is 15.0 Å². The second-order valence-corrected chi connectivity index (χ2v) is 7.96. The van der Waals surface area contributed by atoms with Crippen molar-refractivity contribution < 1.29 is 14.6 Å². The molecule has 0 saturated heterocycles. The average Bonchev–Trinajstić information content (AvgIpc) is 3.36. The van der Waals surface area contributed by atoms with E-state index >= 15 is 0 Å². The number of nitrogens with one attached hydrogen (secondary N) is 2. The van der Waals surface area contributed by atoms with Gasteiger partial charge in [-0.25, -0.2) is 4.98 Å². The number of carbonyl (C=O) groups excluding carboxylic acids is 1. The van der Waals surface area contributed by atoms with Gasteiger partial charge in [0, 0.05) is 16.0 Å². The van der Waals surface area contributed by atoms with E-state index < -0.39 is 5.91 Å². The standard InChI is InChI=1S/C24H18ClN5O3/c1-13-2-8-19-20(10-13)27-23(26-19)14-3-6-16(7-4-14)33-12-21(31)29-30-22-17-11-15(25)5-9-18(17)28-24(22)32/h2-11,28,32H,12H2,1H3,(H,26,27). The van der Waals surface area contributed by atoms with Crippen molar-refractivity contribution in [2.24, 2.45) is 10.2 Å². The second-order valence-electron chi connectivity index (χ2n) is 7.52. The molecule has 3 N–H and O–H groups in total. The number of hydrogen-bond donors (Lipinski definition) is 3. The van der Waals surface area contributed by atoms with Gasteiger partial charge in [0.1, 0.15) is 11.6 Å². The molecular weight excluding hydrogens is 442 g/mol. The Morgan fingerprint density at radius 1 is 1.06 bits per heavy atom. The van der Waals surface area contributed by atoms with E-state index in [0.717, 1.165) is 28.0 Å². The lowest BCUT2D eigenvalue weighted by molar-refractivity contribution is -0.120. The second kappa shape index (κ2) is 8.40. The van der Waals surface area contributed by atoms with E-state index in [1.165, 1.54) is 0 Å². The predicted molar refractivity (Wildman–Crippen MR) is 126 cm³/mol. The Morgan fingerprint density at radius 3 is 2.70 bits per heavy atom. The molecule has 0 spiro atoms. The molecule has 0 aliphatic heterocycles. The van der Waals surface area contributed by atoms with Crippen LogP contribution in [0, 0.1) is 6.92 Å². The number of aromatic amines is 2. The molecule has 0 fully saturated rings. The lowest BCUT2D eigenvalue weighted by Gasteiger charge is -2.04. The average molecular weight is 460 g/mol. The van der Waals surface area contributed by atoms with E-state index in [4.69, 9.17) is 16.3 Å². The van der Waals surface area contributed by atoms with Gasteiger partial charge in [-0.15, -0.1) is 10.2 Å². The van der Waals surface area contributed by atoms with Crippen LogP contribution in [0.15, 0.2) is 70.9 Å². The van der Waals surface area contributed by atoms with Gasteiger partial charge in [0.05, 0.1) is 16.6 Å². The number of ether oxygens (including phenoxy) is 1. The van der Waals surface area contributed by atoms with Gasteiger partial charge in [0.2, 0.25) is 5.88 Å². The van der Waals surface area contributed by atoms with Crippen LogP contribution in [0.3, 0.4) is 0 Å². The SMILES string of the molecule is Cc1ccc2nc(-c3ccc(OCC(=O)N=Nc4c(O)[nH]c5ccc(Cl)cc45)cc3)[nH]c2c1. The Bertz CT molecular complexity index is 1520. The molecule has 164 valence electrons. The largest absolute Gasteiger partial charge is 0.493 e. The van der Waals surface area contributed by atoms with Crippen LogP contribution in [0.25, 0.3) is 33.3 Å². The molecule has 2 heterocycles. The molecule has 1 amide bonds. The van der Waals surface area contributed by atoms with Gasteiger partial charge in [-0.3, -0.25) is 4.79 Å². The third-order valence-corrected chi connectivity index (χ3v) is 5.34. The number of aromatic nitrogens is 3. The fraction of sp³-hybridized carbons (Fsp3) is 0.0833. The first-order chi connectivity index (χ1) is 16.0. The molecule has 8 nitrogen and oxygen atoms in total. The van der Waals surface area contributed by atoms with Crippen molar-refractivity contribution in [3.8, 4) is 23.0 Å². The van der Waals surface area contributed by atoms with Crippen LogP contribution in [-0.4, -0.2) is 32.6 Å². The molecule has 0 radical (unpaired) electrons. The number of rotatable bonds is 5. The quantitative estimate of drug-likeness (QED) is 0.276. The van der Waals surface area contributed by atoms with Crippen molar-refractivity contribution in [1.29, 1.82) is 0 Å². The summed E-state index contributed by atoms with van der Waals surface area (Å²) in [6, 6.07) is 18.3. The number of amides is 1. The summed E-state index contributed by atoms with van der Waals surface area (Å²) in [4.78, 5) is 22.8. The number of fused-ring (bicyclic) bond motifs is 2. The monoisotopic (exact) mass is 459 g/mol. The molecule has 2 aromatic heterocycles. The molecule has 0 atom stereocenters. The summed E-state index contributed by atoms with van der Waals surface area (Å²) in [6.07, 6.45) is 0. The van der Waals surface area contributed by atoms with E-state index in [2.05, 4.69) is 25.2 Å². The van der Waals surface area contributed by atoms with Crippen LogP contribution >= 0.6 is 11.6 Å². The predicted octanol–water partition coefficient (Wildman–Crippen LogP) is 6.07. The highest BCUT2D eigenvalue weighted by Crippen LogP contribution is 2.36. The number of imidazole rings is 1. The molecule has 0 bridgehead atoms. The molecule has 5 aromatic rings. The zero-order valence-corrected chi connectivity index (χ0v) is 18.2. The molecule has 5 rings (SSSR count). The molecule has 0 unspecified atom stereocenters. The number of H-pyrrole nitrogens is 2. The topological polar surface area (TPSA) is 116 Å². The number of aryl methyl sites for hydroxylation is 1. The molecule has 3 aromatic carbocycles. The highest BCUT2D eigenvalue weighted by molar-refractivity contribution is 6.31. The smallest absolute Gasteiger partial charge is 0.302 e. The first-order valence-corrected chi connectivity index (χ1v) is 10.5. The van der Waals surface area contributed by atoms with Crippen molar-refractivity contribution in [2.45, 2.75) is 6.92 Å². The van der Waals surface area contributed by atoms with Crippen LogP contribution in [0.5, 0.6) is 11.6 Å². The third kappa shape index (κ3) is 4.28. The van der Waals surface area contributed by atoms with Gasteiger partial charge in [0.15, 0.2) is 12.3 Å². The summed E-state index contributed by atoms with van der Waals surface area (Å²) in [6.45, 7) is 1.74. The lowest BCUT2D eigenvalue weighted by Crippen LogP contribution is -2.07. The number of azo groups is 1. The van der Waals surface area contributed by atoms with E-state index in [0.29, 0.717) is 21.7 Å². The van der Waals surface area contributed by atoms with Gasteiger partial charge in [-0.1, -0.05) is 17.7 Å². The molecule has 0 aliphatic carbocycles. The maximum Gasteiger partial charge on any atom is 0.302 e. The molecule has 9 heteroatoms. The highest BCUT2D eigenvalue weighted by Gasteiger charge is 2.12. The van der Waals surface area contributed by atoms with Crippen molar-refractivity contribution in [3.05, 3.63) is 71.2 Å². The van der Waals surface area contributed by atoms with Crippen molar-refractivity contribution in [2.75, 3.05) is 6.61 Å². The van der Waals surface area contributed by atoms with E-state index in [9.17, 15) is 9.90 Å². The highest BCUT2D eigenvalue weighted by atomic mass is 35.5. The number of hydrogen-bond acceptors (Lipinski definition) is 5. The van der Waals surface area contributed by atoms with Crippen LogP contribution in [-0.2, 0) is 4.79 Å². The van der Waals surface area contributed by atoms with E-state index in [1.54, 1.807) is 30.3 Å². The summed E-state index contributed by atoms with van der Waals surface area (Å²) in [5.41, 5.74) is 4.71. The third-order valence-electron chi connectivity index (χ3n) is 5.10. The van der Waals surface area contributed by atoms with Crippen molar-refractivity contribution in [3.63, 3.8) is 0 Å². The number of halogens is 1. The molecule has 0 saturated carbocycles. The summed E-state index contributed by atoms with van der Waals surface area (Å²) in [7, 11) is 0. The first kappa shape index (κ1) is 20.7. The lowest BCUT2D eigenvalue weighted by atomic mass is 10.2. The van der Waals surface area contributed by atoms with Gasteiger partial charge in [-0.2, -0.15) is 0 Å². The van der Waals surface area contributed by atoms with Gasteiger partial charge >= 0.3 is 5.91 Å². The van der Waals surface area contributed by atoms with E-state index in [1.807, 2.05) is 37.3 Å². The first-order valence-electron chi connectivity index (χ1n) is 10.1. The van der Waals surface area contributed by atoms with E-state index in [-0.39, 0.29) is 18.2 Å². The summed E-state index contributed by atoms with van der Waals surface area (Å²) >= 11 is 6.00. The summed E-state index contributed by atoms with van der Waals surface area (Å²) in [5.74, 6) is 0.477. The summed E-state index contributed by atoms with van der Waals surface area (Å²) < 4.78 is 5.51. The molecular formula is C24H18ClN5O3. The van der Waals surface area contributed by atoms with Crippen molar-refractivity contribution >= 4 is 45.1 Å². The maximum atomic E-state index is 12.1. The minimum absolute atomic E-state index is 0.145. The van der Waals surface area contributed by atoms with Gasteiger partial charge in [0.25, 0.3) is 0 Å². The Balaban J connectivity index is 1.24. The Labute approximate surface area is 192 Å². The number of aromatic hydroxyl groups is 1. The Kier molecular flexibility index (Phi) is 5.27. The van der Waals surface area contributed by atoms with Crippen LogP contribution in [0.2, 0.25) is 5.02 Å². The Morgan fingerprint density at radius 2 is 1.88 bits per heavy atom. The number of benzene rings is 3. The van der Waals surface area contributed by atoms with Gasteiger partial charge in [-0.05, 0) is 67.1 Å². The fourth-order valence-electron chi connectivity index (χ4n) is 3.49. The molecule has 0 aliphatic rings. The van der Waals surface area contributed by atoms with Crippen LogP contribution < -0.4 is 4.74 Å². The van der Waals surface area contributed by atoms with Crippen LogP contribution in [0.4, 0.5) is 5.69 Å². The fourth-order valence-corrected chi connectivity index (χ4v) is 3.66. The Hall–Kier alpha value is -4.17. The zero-order valence-electron chi connectivity index (χ0n) is 17.5. The van der Waals surface area contributed by atoms with Gasteiger partial charge < -0.3 is 19.8 Å². The number of nitrogens with zero attached hydrogens (tertiary/aromatic N) is 3. The normalized spacial score (nSPS) is 11.6. The zero-order chi connectivity index (χ0) is 22.9. The minimum atomic E-state index is -0.595. The molecule has 33 heavy (non-hydrogen) atoms. The maximum absolute atomic E-state index is 12.1. The number of carbonyl (C=O) groups is 1.